The molecule has 0 spiro atoms. The summed E-state index contributed by atoms with van der Waals surface area (Å²) < 4.78 is 7.25. The molecule has 1 fully saturated rings. The third kappa shape index (κ3) is 4.40. The van der Waals surface area contributed by atoms with Gasteiger partial charge in [0.2, 0.25) is 11.3 Å². The average Bonchev–Trinajstić information content (AvgIpc) is 3.26. The van der Waals surface area contributed by atoms with Gasteiger partial charge in [0, 0.05) is 17.8 Å². The molecule has 0 unspecified atom stereocenters. The smallest absolute Gasteiger partial charge is 0.225 e. The minimum Gasteiger partial charge on any atom is -0.467 e. The van der Waals surface area contributed by atoms with Crippen molar-refractivity contribution in [1.29, 1.82) is 0 Å². The van der Waals surface area contributed by atoms with Crippen LogP contribution in [0.15, 0.2) is 58.1 Å². The zero-order valence-corrected chi connectivity index (χ0v) is 16.7. The molecule has 0 atom stereocenters. The van der Waals surface area contributed by atoms with Gasteiger partial charge in [0.25, 0.3) is 0 Å². The number of amides is 1. The molecule has 1 amide bonds. The predicted molar refractivity (Wildman–Crippen MR) is 110 cm³/mol. The molecular formula is C22H26N4O3. The third-order valence-electron chi connectivity index (χ3n) is 5.65. The van der Waals surface area contributed by atoms with Gasteiger partial charge in [-0.3, -0.25) is 14.3 Å². The molecule has 4 rings (SSSR count). The number of hydrogen-bond acceptors (Lipinski definition) is 5. The zero-order valence-electron chi connectivity index (χ0n) is 16.7. The molecule has 1 aliphatic rings. The number of aryl methyl sites for hydroxylation is 1. The van der Waals surface area contributed by atoms with E-state index in [0.717, 1.165) is 37.2 Å². The summed E-state index contributed by atoms with van der Waals surface area (Å²) in [7, 11) is 2.11. The fourth-order valence-corrected chi connectivity index (χ4v) is 3.98. The van der Waals surface area contributed by atoms with Crippen molar-refractivity contribution in [3.8, 4) is 0 Å². The Morgan fingerprint density at radius 2 is 2.00 bits per heavy atom. The van der Waals surface area contributed by atoms with E-state index < -0.39 is 0 Å². The highest BCUT2D eigenvalue weighted by molar-refractivity contribution is 5.79. The quantitative estimate of drug-likeness (QED) is 0.642. The standard InChI is InChI=1S/C22H26N4O3/c1-24-11-8-17(9-12-24)25(16-18-5-4-14-29-18)22(28)10-13-26-20-7-3-2-6-19(20)21(27)15-23-26/h2-7,14-15,17H,8-13,16H2,1H3. The average molecular weight is 394 g/mol. The molecule has 2 aromatic heterocycles. The summed E-state index contributed by atoms with van der Waals surface area (Å²) in [6, 6.07) is 11.3. The summed E-state index contributed by atoms with van der Waals surface area (Å²) in [5, 5.41) is 4.87. The second-order valence-corrected chi connectivity index (χ2v) is 7.63. The highest BCUT2D eigenvalue weighted by Crippen LogP contribution is 2.20. The van der Waals surface area contributed by atoms with Crippen LogP contribution in [0, 0.1) is 0 Å². The van der Waals surface area contributed by atoms with Gasteiger partial charge in [0.1, 0.15) is 5.76 Å². The van der Waals surface area contributed by atoms with Crippen molar-refractivity contribution in [3.63, 3.8) is 0 Å². The first-order valence-electron chi connectivity index (χ1n) is 10.1. The van der Waals surface area contributed by atoms with Crippen molar-refractivity contribution in [2.45, 2.75) is 38.4 Å². The number of piperidine rings is 1. The molecule has 0 bridgehead atoms. The summed E-state index contributed by atoms with van der Waals surface area (Å²) in [4.78, 5) is 29.5. The van der Waals surface area contributed by atoms with E-state index in [1.54, 1.807) is 17.0 Å². The van der Waals surface area contributed by atoms with Gasteiger partial charge in [-0.25, -0.2) is 0 Å². The Balaban J connectivity index is 1.51. The molecule has 0 saturated carbocycles. The number of fused-ring (bicyclic) bond motifs is 1. The van der Waals surface area contributed by atoms with Crippen LogP contribution in [0.5, 0.6) is 0 Å². The van der Waals surface area contributed by atoms with Crippen LogP contribution in [0.4, 0.5) is 0 Å². The largest absolute Gasteiger partial charge is 0.467 e. The number of likely N-dealkylation sites (tertiary alicyclic amines) is 1. The number of aromatic nitrogens is 2. The van der Waals surface area contributed by atoms with Crippen molar-refractivity contribution in [2.75, 3.05) is 20.1 Å². The van der Waals surface area contributed by atoms with E-state index in [4.69, 9.17) is 4.42 Å². The number of nitrogens with zero attached hydrogens (tertiary/aromatic N) is 4. The number of furan rings is 1. The molecule has 0 aliphatic carbocycles. The molecule has 3 heterocycles. The molecule has 0 radical (unpaired) electrons. The fourth-order valence-electron chi connectivity index (χ4n) is 3.98. The van der Waals surface area contributed by atoms with Gasteiger partial charge in [-0.1, -0.05) is 12.1 Å². The van der Waals surface area contributed by atoms with Gasteiger partial charge in [-0.15, -0.1) is 0 Å². The number of carbonyl (C=O) groups is 1. The number of para-hydroxylation sites is 1. The van der Waals surface area contributed by atoms with E-state index in [2.05, 4.69) is 17.0 Å². The van der Waals surface area contributed by atoms with Gasteiger partial charge in [-0.2, -0.15) is 5.10 Å². The molecular weight excluding hydrogens is 368 g/mol. The minimum atomic E-state index is -0.103. The van der Waals surface area contributed by atoms with Crippen LogP contribution in [-0.2, 0) is 17.9 Å². The Morgan fingerprint density at radius 1 is 1.21 bits per heavy atom. The zero-order chi connectivity index (χ0) is 20.2. The SMILES string of the molecule is CN1CCC(N(Cc2ccco2)C(=O)CCn2ncc(=O)c3ccccc32)CC1. The first-order chi connectivity index (χ1) is 14.1. The fraction of sp³-hybridized carbons (Fsp3) is 0.409. The Hall–Kier alpha value is -2.93. The number of rotatable bonds is 6. The molecule has 3 aromatic rings. The van der Waals surface area contributed by atoms with Crippen LogP contribution < -0.4 is 5.43 Å². The molecule has 152 valence electrons. The van der Waals surface area contributed by atoms with E-state index in [-0.39, 0.29) is 17.4 Å². The Bertz CT molecular complexity index is 1020. The van der Waals surface area contributed by atoms with Crippen molar-refractivity contribution < 1.29 is 9.21 Å². The lowest BCUT2D eigenvalue weighted by atomic mass is 10.0. The van der Waals surface area contributed by atoms with Crippen LogP contribution in [-0.4, -0.2) is 51.7 Å². The Kier molecular flexibility index (Phi) is 5.76. The van der Waals surface area contributed by atoms with Crippen molar-refractivity contribution in [3.05, 3.63) is 64.8 Å². The first-order valence-corrected chi connectivity index (χ1v) is 10.1. The van der Waals surface area contributed by atoms with Gasteiger partial charge >= 0.3 is 0 Å². The van der Waals surface area contributed by atoms with E-state index in [1.807, 2.05) is 35.2 Å². The molecule has 1 aliphatic heterocycles. The van der Waals surface area contributed by atoms with Gasteiger partial charge in [0.15, 0.2) is 0 Å². The lowest BCUT2D eigenvalue weighted by molar-refractivity contribution is -0.135. The second-order valence-electron chi connectivity index (χ2n) is 7.63. The highest BCUT2D eigenvalue weighted by Gasteiger charge is 2.27. The molecule has 1 saturated heterocycles. The van der Waals surface area contributed by atoms with E-state index in [0.29, 0.717) is 24.9 Å². The van der Waals surface area contributed by atoms with Gasteiger partial charge < -0.3 is 14.2 Å². The van der Waals surface area contributed by atoms with E-state index in [1.165, 1.54) is 6.20 Å². The predicted octanol–water partition coefficient (Wildman–Crippen LogP) is 2.50. The van der Waals surface area contributed by atoms with Crippen molar-refractivity contribution in [2.24, 2.45) is 0 Å². The highest BCUT2D eigenvalue weighted by atomic mass is 16.3. The van der Waals surface area contributed by atoms with Gasteiger partial charge in [-0.05, 0) is 57.2 Å². The topological polar surface area (TPSA) is 71.6 Å². The maximum atomic E-state index is 13.2. The Morgan fingerprint density at radius 3 is 2.76 bits per heavy atom. The minimum absolute atomic E-state index is 0.0838. The molecule has 29 heavy (non-hydrogen) atoms. The molecule has 7 nitrogen and oxygen atoms in total. The maximum Gasteiger partial charge on any atom is 0.225 e. The first kappa shape index (κ1) is 19.4. The number of benzene rings is 1. The van der Waals surface area contributed by atoms with E-state index >= 15 is 0 Å². The van der Waals surface area contributed by atoms with Gasteiger partial charge in [0.05, 0.1) is 31.1 Å². The molecule has 7 heteroatoms. The van der Waals surface area contributed by atoms with Crippen LogP contribution in [0.2, 0.25) is 0 Å². The normalized spacial score (nSPS) is 15.6. The monoisotopic (exact) mass is 394 g/mol. The number of carbonyl (C=O) groups excluding carboxylic acids is 1. The summed E-state index contributed by atoms with van der Waals surface area (Å²) in [5.74, 6) is 0.879. The van der Waals surface area contributed by atoms with Crippen LogP contribution in [0.3, 0.4) is 0 Å². The second kappa shape index (κ2) is 8.61. The van der Waals surface area contributed by atoms with Crippen molar-refractivity contribution in [1.82, 2.24) is 19.6 Å². The van der Waals surface area contributed by atoms with Crippen molar-refractivity contribution >= 4 is 16.8 Å². The lowest BCUT2D eigenvalue weighted by Gasteiger charge is -2.37. The summed E-state index contributed by atoms with van der Waals surface area (Å²) in [6.07, 6.45) is 5.21. The van der Waals surface area contributed by atoms with Crippen LogP contribution in [0.1, 0.15) is 25.0 Å². The summed E-state index contributed by atoms with van der Waals surface area (Å²) in [6.45, 7) is 2.89. The van der Waals surface area contributed by atoms with E-state index in [9.17, 15) is 9.59 Å². The summed E-state index contributed by atoms with van der Waals surface area (Å²) in [5.41, 5.74) is 0.652. The lowest BCUT2D eigenvalue weighted by Crippen LogP contribution is -2.46. The molecule has 0 N–H and O–H groups in total. The third-order valence-corrected chi connectivity index (χ3v) is 5.65. The van der Waals surface area contributed by atoms with Crippen LogP contribution >= 0.6 is 0 Å². The Labute approximate surface area is 169 Å². The summed E-state index contributed by atoms with van der Waals surface area (Å²) >= 11 is 0. The molecule has 1 aromatic carbocycles. The maximum absolute atomic E-state index is 13.2. The van der Waals surface area contributed by atoms with Crippen LogP contribution in [0.25, 0.3) is 10.9 Å². The number of hydrogen-bond donors (Lipinski definition) is 0.